The molecule has 1 aliphatic heterocycles. The van der Waals surface area contributed by atoms with Crippen LogP contribution in [0.4, 0.5) is 0 Å². The number of rotatable bonds is 4. The Kier molecular flexibility index (Phi) is 5.56. The number of para-hydroxylation sites is 1. The molecule has 1 aromatic heterocycles. The number of carbonyl (C=O) groups is 1. The van der Waals surface area contributed by atoms with E-state index in [9.17, 15) is 4.79 Å². The van der Waals surface area contributed by atoms with Crippen molar-refractivity contribution >= 4 is 61.9 Å². The maximum absolute atomic E-state index is 12.2. The van der Waals surface area contributed by atoms with Gasteiger partial charge in [0.1, 0.15) is 0 Å². The number of carbonyl (C=O) groups excluding carboxylic acids is 1. The van der Waals surface area contributed by atoms with E-state index in [0.29, 0.717) is 16.7 Å². The molecule has 0 bridgehead atoms. The Morgan fingerprint density at radius 1 is 1.15 bits per heavy atom. The third-order valence-electron chi connectivity index (χ3n) is 3.84. The van der Waals surface area contributed by atoms with Crippen molar-refractivity contribution in [1.82, 2.24) is 10.3 Å². The van der Waals surface area contributed by atoms with Crippen LogP contribution in [0.5, 0.6) is 0 Å². The van der Waals surface area contributed by atoms with Crippen LogP contribution in [0.3, 0.4) is 0 Å². The zero-order chi connectivity index (χ0) is 18.6. The van der Waals surface area contributed by atoms with Crippen LogP contribution in [0.2, 0.25) is 0 Å². The number of fused-ring (bicyclic) bond motifs is 1. The summed E-state index contributed by atoms with van der Waals surface area (Å²) in [5.41, 5.74) is 4.16. The molecular formula is C19H16N4OS3. The molecule has 1 N–H and O–H groups in total. The van der Waals surface area contributed by atoms with Crippen LogP contribution in [0, 0.1) is 6.92 Å². The highest BCUT2D eigenvalue weighted by molar-refractivity contribution is 8.14. The first kappa shape index (κ1) is 18.2. The minimum atomic E-state index is -0.0977. The van der Waals surface area contributed by atoms with Gasteiger partial charge in [-0.3, -0.25) is 4.79 Å². The summed E-state index contributed by atoms with van der Waals surface area (Å²) in [6.45, 7) is 2.05. The number of aryl methyl sites for hydroxylation is 1. The Balaban J connectivity index is 1.33. The lowest BCUT2D eigenvalue weighted by Gasteiger charge is -2.12. The lowest BCUT2D eigenvalue weighted by molar-refractivity contribution is -0.117. The number of hydrogen-bond donors (Lipinski definition) is 1. The zero-order valence-electron chi connectivity index (χ0n) is 14.5. The van der Waals surface area contributed by atoms with Gasteiger partial charge in [-0.05, 0) is 24.6 Å². The van der Waals surface area contributed by atoms with Gasteiger partial charge in [0.05, 0.1) is 21.7 Å². The van der Waals surface area contributed by atoms with E-state index in [0.717, 1.165) is 25.8 Å². The molecule has 1 amide bonds. The molecule has 2 heterocycles. The molecule has 3 aromatic rings. The lowest BCUT2D eigenvalue weighted by Crippen LogP contribution is -2.31. The predicted octanol–water partition coefficient (Wildman–Crippen LogP) is 4.32. The van der Waals surface area contributed by atoms with E-state index in [2.05, 4.69) is 39.6 Å². The molecule has 5 nitrogen and oxygen atoms in total. The fourth-order valence-corrected chi connectivity index (χ4v) is 5.09. The minimum absolute atomic E-state index is 0.0977. The molecule has 136 valence electrons. The molecule has 8 heteroatoms. The van der Waals surface area contributed by atoms with Gasteiger partial charge < -0.3 is 5.32 Å². The maximum atomic E-state index is 12.2. The summed E-state index contributed by atoms with van der Waals surface area (Å²) in [6.07, 6.45) is 0. The summed E-state index contributed by atoms with van der Waals surface area (Å²) in [5.74, 6) is 0.890. The third kappa shape index (κ3) is 4.58. The summed E-state index contributed by atoms with van der Waals surface area (Å²) in [7, 11) is 0. The molecule has 0 fully saturated rings. The summed E-state index contributed by atoms with van der Waals surface area (Å²) in [5, 5.41) is 11.8. The number of aromatic nitrogens is 1. The number of benzene rings is 2. The van der Waals surface area contributed by atoms with Crippen LogP contribution in [0.1, 0.15) is 11.1 Å². The van der Waals surface area contributed by atoms with Gasteiger partial charge in [0.2, 0.25) is 5.91 Å². The lowest BCUT2D eigenvalue weighted by atomic mass is 10.1. The average molecular weight is 413 g/mol. The highest BCUT2D eigenvalue weighted by atomic mass is 32.2. The number of thiazole rings is 1. The number of nitrogens with zero attached hydrogens (tertiary/aromatic N) is 3. The molecule has 4 rings (SSSR count). The van der Waals surface area contributed by atoms with Crippen molar-refractivity contribution in [3.05, 3.63) is 59.7 Å². The number of amidine groups is 1. The van der Waals surface area contributed by atoms with Gasteiger partial charge in [-0.2, -0.15) is 5.10 Å². The molecule has 0 saturated carbocycles. The van der Waals surface area contributed by atoms with Gasteiger partial charge in [-0.25, -0.2) is 4.98 Å². The second kappa shape index (κ2) is 8.24. The summed E-state index contributed by atoms with van der Waals surface area (Å²) < 4.78 is 2.02. The van der Waals surface area contributed by atoms with Crippen LogP contribution in [0.25, 0.3) is 10.2 Å². The van der Waals surface area contributed by atoms with Crippen molar-refractivity contribution in [2.45, 2.75) is 11.3 Å². The number of thioether (sulfide) groups is 2. The van der Waals surface area contributed by atoms with E-state index in [4.69, 9.17) is 0 Å². The van der Waals surface area contributed by atoms with E-state index < -0.39 is 0 Å². The quantitative estimate of drug-likeness (QED) is 0.648. The van der Waals surface area contributed by atoms with Gasteiger partial charge in [0.25, 0.3) is 0 Å². The van der Waals surface area contributed by atoms with E-state index >= 15 is 0 Å². The molecule has 0 atom stereocenters. The molecule has 1 aliphatic rings. The molecule has 2 aromatic carbocycles. The van der Waals surface area contributed by atoms with Crippen molar-refractivity contribution in [3.63, 3.8) is 0 Å². The van der Waals surface area contributed by atoms with Crippen LogP contribution < -0.4 is 5.32 Å². The van der Waals surface area contributed by atoms with Crippen molar-refractivity contribution in [2.24, 2.45) is 10.2 Å². The predicted molar refractivity (Wildman–Crippen MR) is 116 cm³/mol. The molecule has 0 unspecified atom stereocenters. The molecule has 27 heavy (non-hydrogen) atoms. The van der Waals surface area contributed by atoms with Crippen molar-refractivity contribution in [3.8, 4) is 0 Å². The first-order valence-corrected chi connectivity index (χ1v) is 11.1. The topological polar surface area (TPSA) is 66.7 Å². The Bertz CT molecular complexity index is 1010. The van der Waals surface area contributed by atoms with Crippen LogP contribution >= 0.6 is 34.9 Å². The van der Waals surface area contributed by atoms with Gasteiger partial charge in [0, 0.05) is 5.75 Å². The van der Waals surface area contributed by atoms with E-state index in [-0.39, 0.29) is 5.91 Å². The molecule has 0 aliphatic carbocycles. The van der Waals surface area contributed by atoms with Crippen LogP contribution in [0.15, 0.2) is 63.1 Å². The Hall–Kier alpha value is -2.16. The van der Waals surface area contributed by atoms with Crippen LogP contribution in [-0.2, 0) is 4.79 Å². The normalized spacial score (nSPS) is 14.0. The van der Waals surface area contributed by atoms with E-state index in [1.54, 1.807) is 11.3 Å². The summed E-state index contributed by atoms with van der Waals surface area (Å²) >= 11 is 4.52. The molecule has 0 saturated heterocycles. The van der Waals surface area contributed by atoms with E-state index in [1.165, 1.54) is 29.1 Å². The van der Waals surface area contributed by atoms with Crippen molar-refractivity contribution in [1.29, 1.82) is 0 Å². The monoisotopic (exact) mass is 412 g/mol. The Morgan fingerprint density at radius 2 is 1.96 bits per heavy atom. The van der Waals surface area contributed by atoms with Gasteiger partial charge in [-0.1, -0.05) is 65.5 Å². The highest BCUT2D eigenvalue weighted by Gasteiger charge is 2.15. The van der Waals surface area contributed by atoms with Crippen LogP contribution in [-0.4, -0.2) is 33.3 Å². The second-order valence-electron chi connectivity index (χ2n) is 5.89. The molecule has 0 radical (unpaired) electrons. The molecular weight excluding hydrogens is 396 g/mol. The van der Waals surface area contributed by atoms with Gasteiger partial charge >= 0.3 is 0 Å². The fraction of sp³-hybridized carbons (Fsp3) is 0.158. The minimum Gasteiger partial charge on any atom is -0.303 e. The maximum Gasteiger partial charge on any atom is 0.236 e. The number of nitrogens with one attached hydrogen (secondary N) is 1. The Labute approximate surface area is 169 Å². The van der Waals surface area contributed by atoms with Crippen molar-refractivity contribution in [2.75, 3.05) is 11.5 Å². The average Bonchev–Trinajstić information content (AvgIpc) is 3.11. The first-order valence-electron chi connectivity index (χ1n) is 8.30. The standard InChI is InChI=1S/C19H16N4OS3/c1-12-6-8-13(9-7-12)15-10-25-18(23-22-15)21-17(24)11-26-19-20-14-4-2-3-5-16(14)27-19/h2-9H,10-11H2,1H3,(H,21,23,24). The van der Waals surface area contributed by atoms with Gasteiger partial charge in [-0.15, -0.1) is 16.4 Å². The first-order chi connectivity index (χ1) is 13.2. The smallest absolute Gasteiger partial charge is 0.236 e. The Morgan fingerprint density at radius 3 is 2.70 bits per heavy atom. The van der Waals surface area contributed by atoms with E-state index in [1.807, 2.05) is 36.4 Å². The largest absolute Gasteiger partial charge is 0.303 e. The zero-order valence-corrected chi connectivity index (χ0v) is 17.0. The second-order valence-corrected chi connectivity index (χ2v) is 9.11. The summed E-state index contributed by atoms with van der Waals surface area (Å²) in [4.78, 5) is 16.7. The van der Waals surface area contributed by atoms with Gasteiger partial charge in [0.15, 0.2) is 9.51 Å². The number of hydrogen-bond acceptors (Lipinski definition) is 7. The number of amides is 1. The third-order valence-corrected chi connectivity index (χ3v) is 6.89. The SMILES string of the molecule is Cc1ccc(C2=NN=C(NC(=O)CSc3nc4ccccc4s3)SC2)cc1. The van der Waals surface area contributed by atoms with Crippen molar-refractivity contribution < 1.29 is 4.79 Å². The summed E-state index contributed by atoms with van der Waals surface area (Å²) in [6, 6.07) is 16.2. The fourth-order valence-electron chi connectivity index (χ4n) is 2.44. The molecule has 0 spiro atoms. The highest BCUT2D eigenvalue weighted by Crippen LogP contribution is 2.29.